The van der Waals surface area contributed by atoms with E-state index in [0.717, 1.165) is 0 Å². The number of nitrogens with two attached hydrogens (primary N) is 1. The van der Waals surface area contributed by atoms with Crippen LogP contribution in [0.2, 0.25) is 0 Å². The van der Waals surface area contributed by atoms with Crippen LogP contribution in [0.15, 0.2) is 40.9 Å². The van der Waals surface area contributed by atoms with Crippen molar-refractivity contribution in [2.45, 2.75) is 13.0 Å². The lowest BCUT2D eigenvalue weighted by atomic mass is 10.1. The maximum absolute atomic E-state index is 13.8. The SMILES string of the molecule is C[C@H](N)c1ccc(Oc2ccc(F)cc2Br)c(F)c1. The Morgan fingerprint density at radius 3 is 2.37 bits per heavy atom. The van der Waals surface area contributed by atoms with E-state index >= 15 is 0 Å². The molecule has 0 saturated carbocycles. The van der Waals surface area contributed by atoms with Crippen molar-refractivity contribution in [1.82, 2.24) is 0 Å². The normalized spacial score (nSPS) is 12.3. The number of halogens is 3. The highest BCUT2D eigenvalue weighted by atomic mass is 79.9. The van der Waals surface area contributed by atoms with Crippen LogP contribution in [0.25, 0.3) is 0 Å². The first-order chi connectivity index (χ1) is 8.97. The van der Waals surface area contributed by atoms with Gasteiger partial charge in [0.05, 0.1) is 4.47 Å². The zero-order valence-corrected chi connectivity index (χ0v) is 11.7. The Bertz CT molecular complexity index is 602. The van der Waals surface area contributed by atoms with E-state index in [9.17, 15) is 8.78 Å². The van der Waals surface area contributed by atoms with Gasteiger partial charge in [-0.15, -0.1) is 0 Å². The van der Waals surface area contributed by atoms with Crippen molar-refractivity contribution in [2.75, 3.05) is 0 Å². The van der Waals surface area contributed by atoms with Crippen molar-refractivity contribution in [1.29, 1.82) is 0 Å². The first kappa shape index (κ1) is 14.0. The molecule has 100 valence electrons. The summed E-state index contributed by atoms with van der Waals surface area (Å²) in [5.74, 6) is -0.497. The molecule has 0 unspecified atom stereocenters. The lowest BCUT2D eigenvalue weighted by molar-refractivity contribution is 0.438. The summed E-state index contributed by atoms with van der Waals surface area (Å²) in [6.45, 7) is 1.77. The first-order valence-corrected chi connectivity index (χ1v) is 6.44. The van der Waals surface area contributed by atoms with Crippen LogP contribution in [0.1, 0.15) is 18.5 Å². The van der Waals surface area contributed by atoms with Crippen LogP contribution < -0.4 is 10.5 Å². The lowest BCUT2D eigenvalue weighted by Crippen LogP contribution is -2.05. The van der Waals surface area contributed by atoms with Gasteiger partial charge in [0.25, 0.3) is 0 Å². The molecule has 0 fully saturated rings. The largest absolute Gasteiger partial charge is 0.453 e. The number of hydrogen-bond donors (Lipinski definition) is 1. The van der Waals surface area contributed by atoms with Gasteiger partial charge in [0.2, 0.25) is 0 Å². The third-order valence-electron chi connectivity index (χ3n) is 2.60. The fourth-order valence-corrected chi connectivity index (χ4v) is 1.99. The third kappa shape index (κ3) is 3.30. The third-order valence-corrected chi connectivity index (χ3v) is 3.22. The van der Waals surface area contributed by atoms with Gasteiger partial charge in [0.15, 0.2) is 11.6 Å². The van der Waals surface area contributed by atoms with E-state index in [-0.39, 0.29) is 11.8 Å². The first-order valence-electron chi connectivity index (χ1n) is 5.65. The Hall–Kier alpha value is -1.46. The molecule has 2 N–H and O–H groups in total. The summed E-state index contributed by atoms with van der Waals surface area (Å²) in [4.78, 5) is 0. The molecule has 5 heteroatoms. The molecule has 0 amide bonds. The van der Waals surface area contributed by atoms with Gasteiger partial charge in [-0.1, -0.05) is 6.07 Å². The molecule has 0 spiro atoms. The molecular formula is C14H12BrF2NO. The minimum atomic E-state index is -0.508. The molecule has 19 heavy (non-hydrogen) atoms. The Morgan fingerprint density at radius 1 is 1.11 bits per heavy atom. The Labute approximate surface area is 118 Å². The van der Waals surface area contributed by atoms with Crippen LogP contribution in [-0.4, -0.2) is 0 Å². The monoisotopic (exact) mass is 327 g/mol. The highest BCUT2D eigenvalue weighted by molar-refractivity contribution is 9.10. The maximum Gasteiger partial charge on any atom is 0.166 e. The molecule has 0 radical (unpaired) electrons. The van der Waals surface area contributed by atoms with Gasteiger partial charge in [-0.05, 0) is 58.7 Å². The minimum absolute atomic E-state index is 0.0664. The van der Waals surface area contributed by atoms with Crippen LogP contribution in [0.5, 0.6) is 11.5 Å². The molecule has 0 saturated heterocycles. The fourth-order valence-electron chi connectivity index (χ4n) is 1.56. The van der Waals surface area contributed by atoms with E-state index in [2.05, 4.69) is 15.9 Å². The van der Waals surface area contributed by atoms with Crippen molar-refractivity contribution in [2.24, 2.45) is 5.73 Å². The van der Waals surface area contributed by atoms with E-state index < -0.39 is 11.6 Å². The summed E-state index contributed by atoms with van der Waals surface area (Å²) in [7, 11) is 0. The van der Waals surface area contributed by atoms with Crippen molar-refractivity contribution >= 4 is 15.9 Å². The Kier molecular flexibility index (Phi) is 4.17. The quantitative estimate of drug-likeness (QED) is 0.898. The molecule has 0 aliphatic rings. The predicted octanol–water partition coefficient (Wildman–Crippen LogP) is 4.54. The molecular weight excluding hydrogens is 316 g/mol. The van der Waals surface area contributed by atoms with Crippen molar-refractivity contribution in [3.63, 3.8) is 0 Å². The molecule has 0 heterocycles. The number of hydrogen-bond acceptors (Lipinski definition) is 2. The smallest absolute Gasteiger partial charge is 0.166 e. The highest BCUT2D eigenvalue weighted by Crippen LogP contribution is 2.32. The average Bonchev–Trinajstić information content (AvgIpc) is 2.34. The van der Waals surface area contributed by atoms with Gasteiger partial charge in [0, 0.05) is 6.04 Å². The predicted molar refractivity (Wildman–Crippen MR) is 73.2 cm³/mol. The highest BCUT2D eigenvalue weighted by Gasteiger charge is 2.10. The second-order valence-corrected chi connectivity index (χ2v) is 5.01. The van der Waals surface area contributed by atoms with Gasteiger partial charge in [-0.2, -0.15) is 0 Å². The van der Waals surface area contributed by atoms with Gasteiger partial charge in [-0.25, -0.2) is 8.78 Å². The van der Waals surface area contributed by atoms with E-state index in [1.165, 1.54) is 30.3 Å². The Morgan fingerprint density at radius 2 is 1.79 bits per heavy atom. The van der Waals surface area contributed by atoms with Crippen molar-refractivity contribution in [3.05, 3.63) is 58.1 Å². The van der Waals surface area contributed by atoms with Gasteiger partial charge in [0.1, 0.15) is 11.6 Å². The molecule has 1 atom stereocenters. The van der Waals surface area contributed by atoms with Crippen LogP contribution >= 0.6 is 15.9 Å². The zero-order chi connectivity index (χ0) is 14.0. The van der Waals surface area contributed by atoms with Gasteiger partial charge in [-0.3, -0.25) is 0 Å². The van der Waals surface area contributed by atoms with E-state index in [1.807, 2.05) is 0 Å². The van der Waals surface area contributed by atoms with Crippen LogP contribution in [0.3, 0.4) is 0 Å². The van der Waals surface area contributed by atoms with Crippen molar-refractivity contribution in [3.8, 4) is 11.5 Å². The van der Waals surface area contributed by atoms with E-state index in [1.54, 1.807) is 13.0 Å². The number of ether oxygens (including phenoxy) is 1. The second kappa shape index (κ2) is 5.67. The second-order valence-electron chi connectivity index (χ2n) is 4.16. The lowest BCUT2D eigenvalue weighted by Gasteiger charge is -2.11. The summed E-state index contributed by atoms with van der Waals surface area (Å²) < 4.78 is 32.6. The topological polar surface area (TPSA) is 35.2 Å². The molecule has 0 aromatic heterocycles. The standard InChI is InChI=1S/C14H12BrF2NO/c1-8(18)9-2-4-14(12(17)6-9)19-13-5-3-10(16)7-11(13)15/h2-8H,18H2,1H3/t8-/m0/s1. The summed E-state index contributed by atoms with van der Waals surface area (Å²) >= 11 is 3.16. The van der Waals surface area contributed by atoms with Crippen LogP contribution in [0, 0.1) is 11.6 Å². The molecule has 0 aliphatic heterocycles. The molecule has 2 aromatic carbocycles. The van der Waals surface area contributed by atoms with Crippen LogP contribution in [0.4, 0.5) is 8.78 Å². The summed E-state index contributed by atoms with van der Waals surface area (Å²) in [6.07, 6.45) is 0. The Balaban J connectivity index is 2.28. The molecule has 2 nitrogen and oxygen atoms in total. The van der Waals surface area contributed by atoms with E-state index in [0.29, 0.717) is 15.8 Å². The van der Waals surface area contributed by atoms with Gasteiger partial charge >= 0.3 is 0 Å². The molecule has 2 rings (SSSR count). The van der Waals surface area contributed by atoms with E-state index in [4.69, 9.17) is 10.5 Å². The van der Waals surface area contributed by atoms with Crippen molar-refractivity contribution < 1.29 is 13.5 Å². The maximum atomic E-state index is 13.8. The summed E-state index contributed by atoms with van der Waals surface area (Å²) in [5, 5.41) is 0. The van der Waals surface area contributed by atoms with Gasteiger partial charge < -0.3 is 10.5 Å². The molecule has 0 aliphatic carbocycles. The molecule has 0 bridgehead atoms. The average molecular weight is 328 g/mol. The fraction of sp³-hybridized carbons (Fsp3) is 0.143. The molecule has 2 aromatic rings. The summed E-state index contributed by atoms with van der Waals surface area (Å²) in [6, 6.07) is 8.21. The number of benzene rings is 2. The number of rotatable bonds is 3. The van der Waals surface area contributed by atoms with Crippen LogP contribution in [-0.2, 0) is 0 Å². The summed E-state index contributed by atoms with van der Waals surface area (Å²) in [5.41, 5.74) is 6.35. The minimum Gasteiger partial charge on any atom is -0.453 e. The zero-order valence-electron chi connectivity index (χ0n) is 10.2.